The summed E-state index contributed by atoms with van der Waals surface area (Å²) in [5.74, 6) is 0. The molecule has 0 unspecified atom stereocenters. The summed E-state index contributed by atoms with van der Waals surface area (Å²) in [6.45, 7) is 2.51. The van der Waals surface area contributed by atoms with Gasteiger partial charge in [0, 0.05) is 12.6 Å². The number of likely N-dealkylation sites (tertiary alicyclic amines) is 1. The molecule has 0 aromatic heterocycles. The van der Waals surface area contributed by atoms with Gasteiger partial charge in [-0.05, 0) is 55.7 Å². The lowest BCUT2D eigenvalue weighted by atomic mass is 9.90. The molecule has 1 saturated carbocycles. The van der Waals surface area contributed by atoms with Gasteiger partial charge in [0.1, 0.15) is 5.60 Å². The van der Waals surface area contributed by atoms with Crippen LogP contribution in [0.25, 0.3) is 11.1 Å². The molecular formula is C24H30N2O4S. The molecule has 6 nitrogen and oxygen atoms in total. The zero-order valence-corrected chi connectivity index (χ0v) is 18.9. The van der Waals surface area contributed by atoms with E-state index < -0.39 is 10.0 Å². The Morgan fingerprint density at radius 2 is 1.84 bits per heavy atom. The Labute approximate surface area is 184 Å². The normalized spacial score (nSPS) is 22.7. The molecule has 2 aliphatic rings. The van der Waals surface area contributed by atoms with E-state index >= 15 is 0 Å². The number of ether oxygens (including phenoxy) is 1. The third-order valence-corrected chi connectivity index (χ3v) is 6.88. The highest BCUT2D eigenvalue weighted by molar-refractivity contribution is 7.88. The summed E-state index contributed by atoms with van der Waals surface area (Å²) < 4.78 is 32.5. The highest BCUT2D eigenvalue weighted by Crippen LogP contribution is 2.39. The first-order chi connectivity index (χ1) is 14.7. The summed E-state index contributed by atoms with van der Waals surface area (Å²) in [6, 6.07) is 17.7. The number of carbonyl (C=O) groups excluding carboxylic acids is 1. The number of nitrogens with one attached hydrogen (secondary N) is 1. The third-order valence-electron chi connectivity index (χ3n) is 6.15. The van der Waals surface area contributed by atoms with Crippen molar-refractivity contribution >= 4 is 16.1 Å². The molecule has 2 aromatic rings. The van der Waals surface area contributed by atoms with Gasteiger partial charge in [-0.15, -0.1) is 0 Å². The van der Waals surface area contributed by atoms with E-state index in [4.69, 9.17) is 4.74 Å². The van der Waals surface area contributed by atoms with Crippen LogP contribution in [0.15, 0.2) is 54.6 Å². The Kier molecular flexibility index (Phi) is 6.08. The van der Waals surface area contributed by atoms with Crippen LogP contribution in [0, 0.1) is 0 Å². The number of hydrogen-bond donors (Lipinski definition) is 1. The van der Waals surface area contributed by atoms with E-state index in [1.807, 2.05) is 37.3 Å². The Bertz CT molecular complexity index is 1030. The molecule has 1 saturated heterocycles. The number of hydrogen-bond acceptors (Lipinski definition) is 4. The third kappa shape index (κ3) is 5.66. The molecule has 1 N–H and O–H groups in total. The lowest BCUT2D eigenvalue weighted by Gasteiger charge is -2.41. The standard InChI is InChI=1S/C24H30N2O4S/c1-24(13-14-24)30-23(27)26-15-7-12-21(25-31(2,28)29)22(26)17-18-8-6-11-20(16-18)19-9-4-3-5-10-19/h3-6,8-11,16,21-22,25H,7,12-15,17H2,1-2H3/t21-,22-/m1/s1. The van der Waals surface area contributed by atoms with E-state index in [2.05, 4.69) is 29.0 Å². The second-order valence-corrected chi connectivity index (χ2v) is 10.8. The topological polar surface area (TPSA) is 75.7 Å². The van der Waals surface area contributed by atoms with Crippen molar-refractivity contribution in [3.05, 3.63) is 60.2 Å². The van der Waals surface area contributed by atoms with Crippen LogP contribution >= 0.6 is 0 Å². The first kappa shape index (κ1) is 21.8. The van der Waals surface area contributed by atoms with Gasteiger partial charge in [0.2, 0.25) is 10.0 Å². The quantitative estimate of drug-likeness (QED) is 0.735. The fourth-order valence-electron chi connectivity index (χ4n) is 4.25. The van der Waals surface area contributed by atoms with E-state index in [0.717, 1.165) is 36.0 Å². The maximum Gasteiger partial charge on any atom is 0.410 e. The van der Waals surface area contributed by atoms with Crippen molar-refractivity contribution in [2.45, 2.75) is 56.7 Å². The summed E-state index contributed by atoms with van der Waals surface area (Å²) in [7, 11) is -3.40. The first-order valence-corrected chi connectivity index (χ1v) is 12.7. The van der Waals surface area contributed by atoms with Crippen LogP contribution in [-0.2, 0) is 21.2 Å². The predicted molar refractivity (Wildman–Crippen MR) is 121 cm³/mol. The van der Waals surface area contributed by atoms with Gasteiger partial charge in [-0.2, -0.15) is 0 Å². The SMILES string of the molecule is CC1(OC(=O)N2CCC[C@@H](NS(C)(=O)=O)[C@H]2Cc2cccc(-c3ccccc3)c2)CC1. The summed E-state index contributed by atoms with van der Waals surface area (Å²) in [6.07, 6.45) is 4.56. The fraction of sp³-hybridized carbons (Fsp3) is 0.458. The number of carbonyl (C=O) groups is 1. The monoisotopic (exact) mass is 442 g/mol. The average Bonchev–Trinajstić information content (AvgIpc) is 3.45. The molecule has 2 atom stereocenters. The molecule has 0 spiro atoms. The number of nitrogens with zero attached hydrogens (tertiary/aromatic N) is 1. The van der Waals surface area contributed by atoms with Crippen LogP contribution in [0.5, 0.6) is 0 Å². The molecule has 31 heavy (non-hydrogen) atoms. The van der Waals surface area contributed by atoms with Gasteiger partial charge < -0.3 is 9.64 Å². The molecule has 7 heteroatoms. The molecule has 2 aromatic carbocycles. The minimum atomic E-state index is -3.40. The number of amides is 1. The van der Waals surface area contributed by atoms with E-state index in [1.165, 1.54) is 6.26 Å². The summed E-state index contributed by atoms with van der Waals surface area (Å²) in [5, 5.41) is 0. The summed E-state index contributed by atoms with van der Waals surface area (Å²) in [4.78, 5) is 14.7. The van der Waals surface area contributed by atoms with Crippen molar-refractivity contribution in [3.8, 4) is 11.1 Å². The fourth-order valence-corrected chi connectivity index (χ4v) is 5.07. The van der Waals surface area contributed by atoms with E-state index in [9.17, 15) is 13.2 Å². The van der Waals surface area contributed by atoms with Crippen molar-refractivity contribution in [2.24, 2.45) is 0 Å². The average molecular weight is 443 g/mol. The zero-order valence-electron chi connectivity index (χ0n) is 18.1. The smallest absolute Gasteiger partial charge is 0.410 e. The van der Waals surface area contributed by atoms with E-state index in [0.29, 0.717) is 19.4 Å². The number of benzene rings is 2. The Morgan fingerprint density at radius 1 is 1.13 bits per heavy atom. The Hall–Kier alpha value is -2.38. The second-order valence-electron chi connectivity index (χ2n) is 8.99. The molecule has 0 bridgehead atoms. The summed E-state index contributed by atoms with van der Waals surface area (Å²) in [5.41, 5.74) is 2.91. The largest absolute Gasteiger partial charge is 0.443 e. The van der Waals surface area contributed by atoms with Crippen molar-refractivity contribution < 1.29 is 17.9 Å². The van der Waals surface area contributed by atoms with Gasteiger partial charge in [-0.1, -0.05) is 54.6 Å². The number of piperidine rings is 1. The van der Waals surface area contributed by atoms with Gasteiger partial charge in [0.05, 0.1) is 12.3 Å². The maximum atomic E-state index is 13.0. The van der Waals surface area contributed by atoms with Crippen LogP contribution in [0.3, 0.4) is 0 Å². The molecule has 1 aliphatic carbocycles. The van der Waals surface area contributed by atoms with Gasteiger partial charge >= 0.3 is 6.09 Å². The van der Waals surface area contributed by atoms with Crippen LogP contribution in [0.2, 0.25) is 0 Å². The first-order valence-electron chi connectivity index (χ1n) is 10.8. The van der Waals surface area contributed by atoms with Crippen LogP contribution in [0.1, 0.15) is 38.2 Å². The van der Waals surface area contributed by atoms with Crippen molar-refractivity contribution in [1.29, 1.82) is 0 Å². The minimum absolute atomic E-state index is 0.302. The Balaban J connectivity index is 1.60. The molecule has 1 heterocycles. The van der Waals surface area contributed by atoms with Crippen LogP contribution < -0.4 is 4.72 Å². The highest BCUT2D eigenvalue weighted by atomic mass is 32.2. The molecule has 1 aliphatic heterocycles. The van der Waals surface area contributed by atoms with Crippen LogP contribution in [-0.4, -0.2) is 49.9 Å². The van der Waals surface area contributed by atoms with Crippen molar-refractivity contribution in [1.82, 2.24) is 9.62 Å². The Morgan fingerprint density at radius 3 is 2.52 bits per heavy atom. The minimum Gasteiger partial charge on any atom is -0.443 e. The summed E-state index contributed by atoms with van der Waals surface area (Å²) >= 11 is 0. The molecular weight excluding hydrogens is 412 g/mol. The van der Waals surface area contributed by atoms with Crippen molar-refractivity contribution in [3.63, 3.8) is 0 Å². The van der Waals surface area contributed by atoms with Crippen LogP contribution in [0.4, 0.5) is 4.79 Å². The predicted octanol–water partition coefficient (Wildman–Crippen LogP) is 3.97. The van der Waals surface area contributed by atoms with Gasteiger partial charge in [-0.3, -0.25) is 0 Å². The lowest BCUT2D eigenvalue weighted by molar-refractivity contribution is 0.0322. The molecule has 4 rings (SSSR count). The lowest BCUT2D eigenvalue weighted by Crippen LogP contribution is -2.58. The van der Waals surface area contributed by atoms with Gasteiger partial charge in [0.25, 0.3) is 0 Å². The van der Waals surface area contributed by atoms with Gasteiger partial charge in [0.15, 0.2) is 0 Å². The van der Waals surface area contributed by atoms with Gasteiger partial charge in [-0.25, -0.2) is 17.9 Å². The molecule has 0 radical (unpaired) electrons. The molecule has 1 amide bonds. The zero-order chi connectivity index (χ0) is 22.1. The number of sulfonamides is 1. The maximum absolute atomic E-state index is 13.0. The van der Waals surface area contributed by atoms with Crippen molar-refractivity contribution in [2.75, 3.05) is 12.8 Å². The molecule has 166 valence electrons. The second kappa shape index (κ2) is 8.63. The van der Waals surface area contributed by atoms with E-state index in [-0.39, 0.29) is 23.8 Å². The highest BCUT2D eigenvalue weighted by Gasteiger charge is 2.45. The molecule has 2 fully saturated rings. The number of rotatable bonds is 6. The van der Waals surface area contributed by atoms with E-state index in [1.54, 1.807) is 4.90 Å².